The van der Waals surface area contributed by atoms with Gasteiger partial charge in [-0.25, -0.2) is 4.98 Å². The molecule has 10 heteroatoms. The molecule has 0 radical (unpaired) electrons. The van der Waals surface area contributed by atoms with Gasteiger partial charge in [0, 0.05) is 61.8 Å². The van der Waals surface area contributed by atoms with Gasteiger partial charge in [0.15, 0.2) is 5.13 Å². The average molecular weight is 523 g/mol. The first-order valence-electron chi connectivity index (χ1n) is 12.4. The number of ether oxygens (including phenoxy) is 3. The van der Waals surface area contributed by atoms with Gasteiger partial charge in [-0.2, -0.15) is 0 Å². The van der Waals surface area contributed by atoms with Gasteiger partial charge in [-0.3, -0.25) is 14.9 Å². The minimum absolute atomic E-state index is 0.0268. The van der Waals surface area contributed by atoms with Crippen molar-refractivity contribution in [3.63, 3.8) is 0 Å². The molecule has 1 saturated heterocycles. The predicted octanol–water partition coefficient (Wildman–Crippen LogP) is 4.09. The molecular weight excluding hydrogens is 492 g/mol. The van der Waals surface area contributed by atoms with E-state index in [-0.39, 0.29) is 17.9 Å². The number of methoxy groups -OCH3 is 1. The summed E-state index contributed by atoms with van der Waals surface area (Å²) < 4.78 is 17.2. The van der Waals surface area contributed by atoms with E-state index in [4.69, 9.17) is 14.2 Å². The molecule has 37 heavy (non-hydrogen) atoms. The van der Waals surface area contributed by atoms with E-state index in [0.29, 0.717) is 40.1 Å². The van der Waals surface area contributed by atoms with Crippen molar-refractivity contribution in [2.75, 3.05) is 38.7 Å². The second-order valence-corrected chi connectivity index (χ2v) is 10.2. The smallest absolute Gasteiger partial charge is 0.257 e. The first kappa shape index (κ1) is 25.2. The summed E-state index contributed by atoms with van der Waals surface area (Å²) in [6.07, 6.45) is 1.68. The molecule has 2 aromatic carbocycles. The van der Waals surface area contributed by atoms with Crippen LogP contribution in [0.15, 0.2) is 42.5 Å². The van der Waals surface area contributed by atoms with E-state index in [1.54, 1.807) is 49.6 Å². The molecule has 5 rings (SSSR count). The Kier molecular flexibility index (Phi) is 7.68. The van der Waals surface area contributed by atoms with E-state index < -0.39 is 0 Å². The van der Waals surface area contributed by atoms with E-state index in [0.717, 1.165) is 49.6 Å². The van der Waals surface area contributed by atoms with Crippen molar-refractivity contribution < 1.29 is 23.8 Å². The molecule has 0 unspecified atom stereocenters. The SMILES string of the molecule is COC[C@H](C)Oc1cc(Oc2ccc(C(=O)N3CCC3)cc2)cc(C(=O)Nc2nc3c(s2)CNCC3)c1. The number of hydrogen-bond donors (Lipinski definition) is 2. The summed E-state index contributed by atoms with van der Waals surface area (Å²) in [6, 6.07) is 12.1. The van der Waals surface area contributed by atoms with Gasteiger partial charge in [0.2, 0.25) is 0 Å². The van der Waals surface area contributed by atoms with Crippen molar-refractivity contribution in [3.8, 4) is 17.2 Å². The monoisotopic (exact) mass is 522 g/mol. The van der Waals surface area contributed by atoms with Crippen molar-refractivity contribution in [1.29, 1.82) is 0 Å². The Bertz CT molecular complexity index is 1250. The minimum Gasteiger partial charge on any atom is -0.488 e. The number of anilines is 1. The summed E-state index contributed by atoms with van der Waals surface area (Å²) in [5, 5.41) is 6.81. The Balaban J connectivity index is 1.35. The molecule has 0 aliphatic carbocycles. The zero-order valence-corrected chi connectivity index (χ0v) is 21.7. The normalized spacial score (nSPS) is 15.4. The number of nitrogens with zero attached hydrogens (tertiary/aromatic N) is 2. The highest BCUT2D eigenvalue weighted by molar-refractivity contribution is 7.15. The second-order valence-electron chi connectivity index (χ2n) is 9.12. The quantitative estimate of drug-likeness (QED) is 0.436. The van der Waals surface area contributed by atoms with Gasteiger partial charge < -0.3 is 24.4 Å². The van der Waals surface area contributed by atoms with Crippen LogP contribution >= 0.6 is 11.3 Å². The van der Waals surface area contributed by atoms with Gasteiger partial charge in [0.1, 0.15) is 23.4 Å². The third-order valence-electron chi connectivity index (χ3n) is 6.18. The number of fused-ring (bicyclic) bond motifs is 1. The fraction of sp³-hybridized carbons (Fsp3) is 0.370. The fourth-order valence-electron chi connectivity index (χ4n) is 4.18. The van der Waals surface area contributed by atoms with Crippen LogP contribution in [0.5, 0.6) is 17.2 Å². The number of likely N-dealkylation sites (tertiary alicyclic amines) is 1. The largest absolute Gasteiger partial charge is 0.488 e. The molecule has 2 amide bonds. The van der Waals surface area contributed by atoms with Crippen LogP contribution in [0.2, 0.25) is 0 Å². The van der Waals surface area contributed by atoms with Gasteiger partial charge in [0.25, 0.3) is 11.8 Å². The van der Waals surface area contributed by atoms with Gasteiger partial charge in [0.05, 0.1) is 12.3 Å². The number of aromatic nitrogens is 1. The van der Waals surface area contributed by atoms with Crippen LogP contribution in [-0.2, 0) is 17.7 Å². The topological polar surface area (TPSA) is 102 Å². The van der Waals surface area contributed by atoms with Crippen molar-refractivity contribution in [3.05, 3.63) is 64.2 Å². The number of thiazole rings is 1. The predicted molar refractivity (Wildman–Crippen MR) is 141 cm³/mol. The first-order chi connectivity index (χ1) is 18.0. The van der Waals surface area contributed by atoms with Crippen LogP contribution in [0, 0.1) is 0 Å². The van der Waals surface area contributed by atoms with Crippen molar-refractivity contribution in [2.24, 2.45) is 0 Å². The highest BCUT2D eigenvalue weighted by atomic mass is 32.1. The summed E-state index contributed by atoms with van der Waals surface area (Å²) in [5.41, 5.74) is 2.04. The second kappa shape index (κ2) is 11.3. The van der Waals surface area contributed by atoms with Gasteiger partial charge in [-0.1, -0.05) is 0 Å². The van der Waals surface area contributed by atoms with E-state index >= 15 is 0 Å². The molecule has 9 nitrogen and oxygen atoms in total. The minimum atomic E-state index is -0.302. The molecule has 3 heterocycles. The number of carbonyl (C=O) groups excluding carboxylic acids is 2. The summed E-state index contributed by atoms with van der Waals surface area (Å²) in [4.78, 5) is 33.2. The molecule has 1 fully saturated rings. The van der Waals surface area contributed by atoms with E-state index in [2.05, 4.69) is 15.6 Å². The number of rotatable bonds is 9. The lowest BCUT2D eigenvalue weighted by atomic mass is 10.1. The van der Waals surface area contributed by atoms with Crippen molar-refractivity contribution >= 4 is 28.3 Å². The molecule has 0 spiro atoms. The number of amides is 2. The van der Waals surface area contributed by atoms with Crippen LogP contribution in [-0.4, -0.2) is 61.2 Å². The molecule has 2 N–H and O–H groups in total. The average Bonchev–Trinajstić information content (AvgIpc) is 3.25. The molecular formula is C27H30N4O5S. The third kappa shape index (κ3) is 6.10. The molecule has 0 saturated carbocycles. The Morgan fingerprint density at radius 2 is 1.89 bits per heavy atom. The van der Waals surface area contributed by atoms with E-state index in [9.17, 15) is 9.59 Å². The molecule has 194 valence electrons. The number of hydrogen-bond acceptors (Lipinski definition) is 8. The molecule has 3 aromatic rings. The summed E-state index contributed by atoms with van der Waals surface area (Å²) in [6.45, 7) is 5.55. The van der Waals surface area contributed by atoms with Crippen molar-refractivity contribution in [2.45, 2.75) is 32.4 Å². The van der Waals surface area contributed by atoms with Crippen LogP contribution in [0.4, 0.5) is 5.13 Å². The molecule has 1 aromatic heterocycles. The summed E-state index contributed by atoms with van der Waals surface area (Å²) in [7, 11) is 1.61. The highest BCUT2D eigenvalue weighted by Gasteiger charge is 2.22. The first-order valence-corrected chi connectivity index (χ1v) is 13.2. The number of nitrogens with one attached hydrogen (secondary N) is 2. The Labute approximate surface area is 219 Å². The fourth-order valence-corrected chi connectivity index (χ4v) is 5.16. The van der Waals surface area contributed by atoms with Gasteiger partial charge in [-0.05, 0) is 49.7 Å². The highest BCUT2D eigenvalue weighted by Crippen LogP contribution is 2.30. The molecule has 2 aliphatic rings. The Hall–Kier alpha value is -3.47. The number of benzene rings is 2. The maximum Gasteiger partial charge on any atom is 0.257 e. The van der Waals surface area contributed by atoms with Gasteiger partial charge in [-0.15, -0.1) is 11.3 Å². The van der Waals surface area contributed by atoms with Crippen LogP contribution in [0.3, 0.4) is 0 Å². The molecule has 1 atom stereocenters. The summed E-state index contributed by atoms with van der Waals surface area (Å²) >= 11 is 1.48. The van der Waals surface area contributed by atoms with Crippen molar-refractivity contribution in [1.82, 2.24) is 15.2 Å². The van der Waals surface area contributed by atoms with Gasteiger partial charge >= 0.3 is 0 Å². The maximum absolute atomic E-state index is 13.2. The maximum atomic E-state index is 13.2. The lowest BCUT2D eigenvalue weighted by Crippen LogP contribution is -2.41. The van der Waals surface area contributed by atoms with Crippen LogP contribution in [0.25, 0.3) is 0 Å². The molecule has 2 aliphatic heterocycles. The Morgan fingerprint density at radius 3 is 2.59 bits per heavy atom. The Morgan fingerprint density at radius 1 is 1.11 bits per heavy atom. The van der Waals surface area contributed by atoms with E-state index in [1.807, 2.05) is 11.8 Å². The standard InChI is InChI=1S/C27H30N4O5S/c1-17(16-34-2)35-21-12-19(25(32)30-27-29-23-8-9-28-15-24(23)37-27)13-22(14-21)36-20-6-4-18(5-7-20)26(33)31-10-3-11-31/h4-7,12-14,17,28H,3,8-11,15-16H2,1-2H3,(H,29,30,32)/t17-/m0/s1. The lowest BCUT2D eigenvalue weighted by molar-refractivity contribution is 0.0651. The number of carbonyl (C=O) groups is 2. The molecule has 0 bridgehead atoms. The lowest BCUT2D eigenvalue weighted by Gasteiger charge is -2.30. The van der Waals surface area contributed by atoms with Crippen LogP contribution < -0.4 is 20.1 Å². The van der Waals surface area contributed by atoms with Crippen LogP contribution in [0.1, 0.15) is 44.6 Å². The van der Waals surface area contributed by atoms with E-state index in [1.165, 1.54) is 11.3 Å². The summed E-state index contributed by atoms with van der Waals surface area (Å²) in [5.74, 6) is 1.20. The third-order valence-corrected chi connectivity index (χ3v) is 7.20. The zero-order chi connectivity index (χ0) is 25.8. The zero-order valence-electron chi connectivity index (χ0n) is 20.9.